The van der Waals surface area contributed by atoms with Crippen LogP contribution < -0.4 is 0 Å². The Labute approximate surface area is 124 Å². The molecule has 2 aromatic rings. The van der Waals surface area contributed by atoms with E-state index in [1.54, 1.807) is 11.8 Å². The molecule has 0 aliphatic heterocycles. The molecule has 2 rings (SSSR count). The zero-order valence-electron chi connectivity index (χ0n) is 10.0. The van der Waals surface area contributed by atoms with E-state index >= 15 is 0 Å². The fraction of sp³-hybridized carbons (Fsp3) is 0.231. The predicted octanol–water partition coefficient (Wildman–Crippen LogP) is 5.17. The second-order valence-electron chi connectivity index (χ2n) is 4.09. The molecule has 18 heavy (non-hydrogen) atoms. The molecule has 0 aliphatic carbocycles. The lowest BCUT2D eigenvalue weighted by molar-refractivity contribution is 0.803. The quantitative estimate of drug-likeness (QED) is 0.719. The molecule has 2 nitrogen and oxygen atoms in total. The maximum Gasteiger partial charge on any atom is 0.137 e. The first kappa shape index (κ1) is 13.8. The summed E-state index contributed by atoms with van der Waals surface area (Å²) in [7, 11) is 0. The van der Waals surface area contributed by atoms with Crippen LogP contribution in [-0.2, 0) is 0 Å². The van der Waals surface area contributed by atoms with Gasteiger partial charge in [0.05, 0.1) is 0 Å². The minimum Gasteiger partial charge on any atom is -0.229 e. The Morgan fingerprint density at radius 3 is 2.44 bits per heavy atom. The number of hydrogen-bond acceptors (Lipinski definition) is 3. The predicted molar refractivity (Wildman–Crippen MR) is 79.4 cm³/mol. The van der Waals surface area contributed by atoms with Crippen LogP contribution in [0.4, 0.5) is 0 Å². The Balaban J connectivity index is 2.34. The molecule has 0 aliphatic rings. The zero-order chi connectivity index (χ0) is 13.1. The molecule has 0 atom stereocenters. The maximum atomic E-state index is 6.14. The summed E-state index contributed by atoms with van der Waals surface area (Å²) < 4.78 is 1.07. The van der Waals surface area contributed by atoms with Crippen molar-refractivity contribution in [3.05, 3.63) is 45.8 Å². The largest absolute Gasteiger partial charge is 0.229 e. The summed E-state index contributed by atoms with van der Waals surface area (Å²) in [5.41, 5.74) is 1.01. The van der Waals surface area contributed by atoms with Crippen LogP contribution in [0.2, 0.25) is 5.15 Å². The summed E-state index contributed by atoms with van der Waals surface area (Å²) in [5.74, 6) is 0.302. The number of nitrogens with zero attached hydrogens (tertiary/aromatic N) is 2. The monoisotopic (exact) mass is 342 g/mol. The lowest BCUT2D eigenvalue weighted by atomic mass is 10.1. The van der Waals surface area contributed by atoms with Gasteiger partial charge < -0.3 is 0 Å². The van der Waals surface area contributed by atoms with Gasteiger partial charge in [0.15, 0.2) is 0 Å². The summed E-state index contributed by atoms with van der Waals surface area (Å²) in [4.78, 5) is 9.52. The molecule has 1 aromatic carbocycles. The van der Waals surface area contributed by atoms with Crippen LogP contribution in [0.5, 0.6) is 0 Å². The van der Waals surface area contributed by atoms with Crippen LogP contribution in [0.3, 0.4) is 0 Å². The Hall–Kier alpha value is -0.580. The summed E-state index contributed by atoms with van der Waals surface area (Å²) in [5, 5.41) is 1.46. The molecule has 0 radical (unpaired) electrons. The topological polar surface area (TPSA) is 25.8 Å². The van der Waals surface area contributed by atoms with Crippen molar-refractivity contribution < 1.29 is 0 Å². The van der Waals surface area contributed by atoms with Gasteiger partial charge in [-0.2, -0.15) is 0 Å². The molecule has 0 N–H and O–H groups in total. The van der Waals surface area contributed by atoms with Crippen molar-refractivity contribution in [2.75, 3.05) is 0 Å². The highest BCUT2D eigenvalue weighted by atomic mass is 79.9. The van der Waals surface area contributed by atoms with E-state index in [-0.39, 0.29) is 0 Å². The Morgan fingerprint density at radius 2 is 1.83 bits per heavy atom. The van der Waals surface area contributed by atoms with Gasteiger partial charge in [0.1, 0.15) is 16.5 Å². The van der Waals surface area contributed by atoms with Crippen molar-refractivity contribution >= 4 is 39.3 Å². The molecule has 0 saturated carbocycles. The molecule has 0 saturated heterocycles. The Bertz CT molecular complexity index is 543. The number of aromatic nitrogens is 2. The highest BCUT2D eigenvalue weighted by Gasteiger charge is 2.14. The van der Waals surface area contributed by atoms with Gasteiger partial charge in [-0.1, -0.05) is 53.1 Å². The highest BCUT2D eigenvalue weighted by molar-refractivity contribution is 9.10. The van der Waals surface area contributed by atoms with Crippen molar-refractivity contribution in [1.29, 1.82) is 0 Å². The zero-order valence-corrected chi connectivity index (χ0v) is 13.2. The van der Waals surface area contributed by atoms with Gasteiger partial charge in [-0.15, -0.1) is 0 Å². The first-order valence-corrected chi connectivity index (χ1v) is 7.50. The van der Waals surface area contributed by atoms with Gasteiger partial charge in [0.2, 0.25) is 0 Å². The molecule has 5 heteroatoms. The molecule has 1 aromatic heterocycles. The lowest BCUT2D eigenvalue weighted by Gasteiger charge is -2.12. The number of rotatable bonds is 3. The maximum absolute atomic E-state index is 6.14. The van der Waals surface area contributed by atoms with E-state index < -0.39 is 0 Å². The van der Waals surface area contributed by atoms with E-state index in [9.17, 15) is 0 Å². The Morgan fingerprint density at radius 1 is 1.17 bits per heavy atom. The van der Waals surface area contributed by atoms with E-state index in [0.717, 1.165) is 20.0 Å². The van der Waals surface area contributed by atoms with E-state index in [1.807, 2.05) is 12.1 Å². The van der Waals surface area contributed by atoms with Gasteiger partial charge >= 0.3 is 0 Å². The van der Waals surface area contributed by atoms with E-state index in [4.69, 9.17) is 11.6 Å². The SMILES string of the molecule is CC(C)c1c(Cl)ncnc1Sc1ccc(Br)cc1. The number of hydrogen-bond donors (Lipinski definition) is 0. The van der Waals surface area contributed by atoms with Crippen LogP contribution in [0, 0.1) is 0 Å². The van der Waals surface area contributed by atoms with Crippen molar-refractivity contribution in [3.8, 4) is 0 Å². The smallest absolute Gasteiger partial charge is 0.137 e. The number of halogens is 2. The molecule has 0 amide bonds. The third-order valence-corrected chi connectivity index (χ3v) is 4.26. The van der Waals surface area contributed by atoms with Crippen LogP contribution in [0.15, 0.2) is 45.0 Å². The first-order chi connectivity index (χ1) is 8.58. The fourth-order valence-corrected chi connectivity index (χ4v) is 3.25. The molecule has 0 spiro atoms. The van der Waals surface area contributed by atoms with Crippen LogP contribution in [0.1, 0.15) is 25.3 Å². The van der Waals surface area contributed by atoms with Gasteiger partial charge in [-0.05, 0) is 30.2 Å². The van der Waals surface area contributed by atoms with Gasteiger partial charge in [0, 0.05) is 14.9 Å². The molecular weight excluding hydrogens is 332 g/mol. The second-order valence-corrected chi connectivity index (χ2v) is 6.43. The van der Waals surface area contributed by atoms with Crippen LogP contribution in [-0.4, -0.2) is 9.97 Å². The van der Waals surface area contributed by atoms with Crippen LogP contribution >= 0.6 is 39.3 Å². The summed E-state index contributed by atoms with van der Waals surface area (Å²) >= 11 is 11.2. The van der Waals surface area contributed by atoms with E-state index in [1.165, 1.54) is 6.33 Å². The summed E-state index contributed by atoms with van der Waals surface area (Å²) in [6.45, 7) is 4.19. The Kier molecular flexibility index (Phi) is 4.65. The average molecular weight is 344 g/mol. The lowest BCUT2D eigenvalue weighted by Crippen LogP contribution is -1.97. The first-order valence-electron chi connectivity index (χ1n) is 5.51. The van der Waals surface area contributed by atoms with Crippen molar-refractivity contribution in [2.45, 2.75) is 29.7 Å². The van der Waals surface area contributed by atoms with E-state index in [2.05, 4.69) is 51.9 Å². The molecular formula is C13H12BrClN2S. The third kappa shape index (κ3) is 3.25. The van der Waals surface area contributed by atoms with Gasteiger partial charge in [0.25, 0.3) is 0 Å². The van der Waals surface area contributed by atoms with Gasteiger partial charge in [-0.3, -0.25) is 0 Å². The third-order valence-electron chi connectivity index (χ3n) is 2.40. The molecule has 1 heterocycles. The molecule has 0 unspecified atom stereocenters. The standard InChI is InChI=1S/C13H12BrClN2S/c1-8(2)11-12(15)16-7-17-13(11)18-10-5-3-9(14)4-6-10/h3-8H,1-2H3. The van der Waals surface area contributed by atoms with Crippen molar-refractivity contribution in [2.24, 2.45) is 0 Å². The fourth-order valence-electron chi connectivity index (χ4n) is 1.54. The van der Waals surface area contributed by atoms with E-state index in [0.29, 0.717) is 11.1 Å². The van der Waals surface area contributed by atoms with Crippen molar-refractivity contribution in [1.82, 2.24) is 9.97 Å². The summed E-state index contributed by atoms with van der Waals surface area (Å²) in [6, 6.07) is 8.13. The minimum atomic E-state index is 0.302. The van der Waals surface area contributed by atoms with Gasteiger partial charge in [-0.25, -0.2) is 9.97 Å². The second kappa shape index (κ2) is 6.04. The summed E-state index contributed by atoms with van der Waals surface area (Å²) in [6.07, 6.45) is 1.51. The normalized spacial score (nSPS) is 10.9. The molecule has 0 bridgehead atoms. The molecule has 94 valence electrons. The average Bonchev–Trinajstić information content (AvgIpc) is 2.32. The van der Waals surface area contributed by atoms with Crippen molar-refractivity contribution in [3.63, 3.8) is 0 Å². The molecule has 0 fully saturated rings. The minimum absolute atomic E-state index is 0.302. The van der Waals surface area contributed by atoms with Crippen LogP contribution in [0.25, 0.3) is 0 Å². The number of benzene rings is 1. The highest BCUT2D eigenvalue weighted by Crippen LogP contribution is 2.35.